The zero-order valence-electron chi connectivity index (χ0n) is 17.2. The largest absolute Gasteiger partial charge is 0.497 e. The van der Waals surface area contributed by atoms with Gasteiger partial charge in [0.25, 0.3) is 0 Å². The van der Waals surface area contributed by atoms with Crippen molar-refractivity contribution < 1.29 is 14.3 Å². The van der Waals surface area contributed by atoms with Crippen molar-refractivity contribution in [3.63, 3.8) is 0 Å². The van der Waals surface area contributed by atoms with Crippen molar-refractivity contribution in [2.45, 2.75) is 44.9 Å². The Hall–Kier alpha value is -1.69. The molecule has 1 aromatic rings. The Morgan fingerprint density at radius 1 is 1.00 bits per heavy atom. The molecule has 2 N–H and O–H groups in total. The van der Waals surface area contributed by atoms with Crippen LogP contribution in [-0.2, 0) is 9.59 Å². The van der Waals surface area contributed by atoms with E-state index in [1.165, 1.54) is 50.3 Å². The number of methoxy groups -OCH3 is 1. The lowest BCUT2D eigenvalue weighted by molar-refractivity contribution is -0.119. The molecule has 0 heterocycles. The molecule has 4 fully saturated rings. The van der Waals surface area contributed by atoms with Gasteiger partial charge in [0.2, 0.25) is 11.8 Å². The molecule has 158 valence electrons. The molecule has 1 aromatic carbocycles. The van der Waals surface area contributed by atoms with Gasteiger partial charge in [0.15, 0.2) is 0 Å². The Kier molecular flexibility index (Phi) is 6.38. The van der Waals surface area contributed by atoms with Crippen LogP contribution in [-0.4, -0.2) is 37.0 Å². The van der Waals surface area contributed by atoms with Gasteiger partial charge in [-0.3, -0.25) is 9.59 Å². The van der Waals surface area contributed by atoms with E-state index in [-0.39, 0.29) is 17.6 Å². The zero-order valence-corrected chi connectivity index (χ0v) is 18.1. The Morgan fingerprint density at radius 3 is 2.17 bits per heavy atom. The minimum absolute atomic E-state index is 0.0389. The van der Waals surface area contributed by atoms with E-state index in [4.69, 9.17) is 4.74 Å². The molecule has 4 bridgehead atoms. The van der Waals surface area contributed by atoms with E-state index in [9.17, 15) is 9.59 Å². The van der Waals surface area contributed by atoms with Crippen LogP contribution in [0.5, 0.6) is 5.75 Å². The second-order valence-electron chi connectivity index (χ2n) is 9.29. The number of thioether (sulfide) groups is 1. The molecule has 0 spiro atoms. The second kappa shape index (κ2) is 8.99. The maximum atomic E-state index is 12.2. The van der Waals surface area contributed by atoms with Crippen molar-refractivity contribution in [1.29, 1.82) is 0 Å². The van der Waals surface area contributed by atoms with E-state index in [0.717, 1.165) is 42.2 Å². The molecule has 4 aliphatic rings. The van der Waals surface area contributed by atoms with E-state index >= 15 is 0 Å². The quantitative estimate of drug-likeness (QED) is 0.636. The Morgan fingerprint density at radius 2 is 1.59 bits per heavy atom. The van der Waals surface area contributed by atoms with Crippen LogP contribution in [0.25, 0.3) is 0 Å². The molecule has 5 nitrogen and oxygen atoms in total. The lowest BCUT2D eigenvalue weighted by Crippen LogP contribution is -2.47. The number of hydrogen-bond acceptors (Lipinski definition) is 4. The average Bonchev–Trinajstić information content (AvgIpc) is 2.67. The predicted molar refractivity (Wildman–Crippen MR) is 117 cm³/mol. The monoisotopic (exact) mass is 416 g/mol. The first-order chi connectivity index (χ1) is 14.0. The van der Waals surface area contributed by atoms with Gasteiger partial charge in [-0.05, 0) is 92.4 Å². The molecule has 6 heteroatoms. The number of rotatable bonds is 9. The summed E-state index contributed by atoms with van der Waals surface area (Å²) >= 11 is 1.36. The van der Waals surface area contributed by atoms with Crippen molar-refractivity contribution in [3.8, 4) is 5.75 Å². The van der Waals surface area contributed by atoms with Gasteiger partial charge >= 0.3 is 0 Å². The molecule has 4 saturated carbocycles. The number of carbonyl (C=O) groups is 2. The molecule has 0 saturated heterocycles. The van der Waals surface area contributed by atoms with Gasteiger partial charge in [-0.1, -0.05) is 0 Å². The molecule has 0 atom stereocenters. The topological polar surface area (TPSA) is 67.4 Å². The first kappa shape index (κ1) is 20.6. The zero-order chi connectivity index (χ0) is 20.3. The number of nitrogens with one attached hydrogen (secondary N) is 2. The third kappa shape index (κ3) is 5.27. The maximum absolute atomic E-state index is 12.2. The fourth-order valence-corrected chi connectivity index (χ4v) is 6.87. The van der Waals surface area contributed by atoms with Gasteiger partial charge in [-0.2, -0.15) is 0 Å². The fraction of sp³-hybridized carbons (Fsp3) is 0.652. The number of ether oxygens (including phenoxy) is 1. The van der Waals surface area contributed by atoms with Crippen molar-refractivity contribution in [2.24, 2.45) is 23.2 Å². The van der Waals surface area contributed by atoms with Crippen molar-refractivity contribution in [2.75, 3.05) is 30.5 Å². The second-order valence-corrected chi connectivity index (χ2v) is 10.3. The molecular formula is C23H32N2O3S. The van der Waals surface area contributed by atoms with Gasteiger partial charge in [0.05, 0.1) is 18.6 Å². The van der Waals surface area contributed by atoms with Gasteiger partial charge in [-0.15, -0.1) is 11.8 Å². The van der Waals surface area contributed by atoms with Crippen LogP contribution in [0.2, 0.25) is 0 Å². The highest BCUT2D eigenvalue weighted by molar-refractivity contribution is 8.00. The summed E-state index contributed by atoms with van der Waals surface area (Å²) in [7, 11) is 1.61. The van der Waals surface area contributed by atoms with E-state index in [0.29, 0.717) is 11.2 Å². The summed E-state index contributed by atoms with van der Waals surface area (Å²) in [5, 5.41) is 5.93. The molecule has 29 heavy (non-hydrogen) atoms. The molecule has 2 amide bonds. The van der Waals surface area contributed by atoms with Gasteiger partial charge in [-0.25, -0.2) is 0 Å². The fourth-order valence-electron chi connectivity index (χ4n) is 6.22. The summed E-state index contributed by atoms with van der Waals surface area (Å²) in [5.74, 6) is 4.16. The smallest absolute Gasteiger partial charge is 0.234 e. The molecule has 0 unspecified atom stereocenters. The third-order valence-electron chi connectivity index (χ3n) is 6.98. The number of hydrogen-bond donors (Lipinski definition) is 2. The van der Waals surface area contributed by atoms with Crippen molar-refractivity contribution in [1.82, 2.24) is 5.32 Å². The Bertz CT molecular complexity index is 699. The Labute approximate surface area is 177 Å². The SMILES string of the molecule is COc1ccc(NC(=O)CSCC(=O)NCCC23CC4CC(CC(C4)C2)C3)cc1. The summed E-state index contributed by atoms with van der Waals surface area (Å²) in [6.07, 6.45) is 9.66. The van der Waals surface area contributed by atoms with Crippen LogP contribution >= 0.6 is 11.8 Å². The van der Waals surface area contributed by atoms with Crippen LogP contribution in [0, 0.1) is 23.2 Å². The standard InChI is InChI=1S/C23H32N2O3S/c1-28-20-4-2-19(3-5-20)25-22(27)15-29-14-21(26)24-7-6-23-11-16-8-17(12-23)10-18(9-16)13-23/h2-5,16-18H,6-15H2,1H3,(H,24,26)(H,25,27). The predicted octanol–water partition coefficient (Wildman–Crippen LogP) is 4.09. The molecular weight excluding hydrogens is 384 g/mol. The lowest BCUT2D eigenvalue weighted by atomic mass is 9.49. The number of amides is 2. The van der Waals surface area contributed by atoms with Crippen molar-refractivity contribution >= 4 is 29.3 Å². The average molecular weight is 417 g/mol. The van der Waals surface area contributed by atoms with E-state index in [1.54, 1.807) is 31.4 Å². The summed E-state index contributed by atoms with van der Waals surface area (Å²) in [4.78, 5) is 24.2. The summed E-state index contributed by atoms with van der Waals surface area (Å²) in [6.45, 7) is 0.781. The summed E-state index contributed by atoms with van der Waals surface area (Å²) in [5.41, 5.74) is 1.24. The normalized spacial score (nSPS) is 29.5. The number of benzene rings is 1. The van der Waals surface area contributed by atoms with E-state index in [1.807, 2.05) is 0 Å². The van der Waals surface area contributed by atoms with Crippen LogP contribution in [0.15, 0.2) is 24.3 Å². The van der Waals surface area contributed by atoms with Gasteiger partial charge < -0.3 is 15.4 Å². The first-order valence-corrected chi connectivity index (χ1v) is 12.0. The summed E-state index contributed by atoms with van der Waals surface area (Å²) in [6, 6.07) is 7.22. The minimum Gasteiger partial charge on any atom is -0.497 e. The van der Waals surface area contributed by atoms with E-state index in [2.05, 4.69) is 10.6 Å². The van der Waals surface area contributed by atoms with Crippen molar-refractivity contribution in [3.05, 3.63) is 24.3 Å². The highest BCUT2D eigenvalue weighted by Crippen LogP contribution is 2.61. The minimum atomic E-state index is -0.0958. The lowest BCUT2D eigenvalue weighted by Gasteiger charge is -2.57. The van der Waals surface area contributed by atoms with Crippen LogP contribution < -0.4 is 15.4 Å². The summed E-state index contributed by atoms with van der Waals surface area (Å²) < 4.78 is 5.10. The Balaban J connectivity index is 1.11. The van der Waals surface area contributed by atoms with Gasteiger partial charge in [0, 0.05) is 12.2 Å². The van der Waals surface area contributed by atoms with Gasteiger partial charge in [0.1, 0.15) is 5.75 Å². The highest BCUT2D eigenvalue weighted by Gasteiger charge is 2.50. The van der Waals surface area contributed by atoms with Crippen LogP contribution in [0.4, 0.5) is 5.69 Å². The van der Waals surface area contributed by atoms with E-state index < -0.39 is 0 Å². The highest BCUT2D eigenvalue weighted by atomic mass is 32.2. The molecule has 0 aromatic heterocycles. The molecule has 0 radical (unpaired) electrons. The molecule has 4 aliphatic carbocycles. The van der Waals surface area contributed by atoms with Crippen LogP contribution in [0.1, 0.15) is 44.9 Å². The number of carbonyl (C=O) groups excluding carboxylic acids is 2. The first-order valence-electron chi connectivity index (χ1n) is 10.8. The number of anilines is 1. The molecule has 0 aliphatic heterocycles. The molecule has 5 rings (SSSR count). The maximum Gasteiger partial charge on any atom is 0.234 e. The third-order valence-corrected chi connectivity index (χ3v) is 7.92. The van der Waals surface area contributed by atoms with Crippen LogP contribution in [0.3, 0.4) is 0 Å².